The zero-order chi connectivity index (χ0) is 20.4. The molecule has 150 valence electrons. The van der Waals surface area contributed by atoms with Crippen molar-refractivity contribution in [2.24, 2.45) is 11.7 Å². The molecule has 1 saturated heterocycles. The van der Waals surface area contributed by atoms with Crippen LogP contribution in [-0.2, 0) is 14.3 Å². The van der Waals surface area contributed by atoms with Gasteiger partial charge < -0.3 is 15.4 Å². The summed E-state index contributed by atoms with van der Waals surface area (Å²) in [4.78, 5) is 47.9. The molecule has 3 N–H and O–H groups in total. The normalized spacial score (nSPS) is 16.0. The number of nitrogens with one attached hydrogen (secondary N) is 1. The number of anilines is 1. The Labute approximate surface area is 166 Å². The van der Waals surface area contributed by atoms with Crippen LogP contribution in [0.5, 0.6) is 0 Å². The summed E-state index contributed by atoms with van der Waals surface area (Å²) >= 11 is 1.65. The highest BCUT2D eigenvalue weighted by Crippen LogP contribution is 2.35. The van der Waals surface area contributed by atoms with Crippen LogP contribution in [0.25, 0.3) is 10.2 Å². The van der Waals surface area contributed by atoms with E-state index in [-0.39, 0.29) is 5.92 Å². The Morgan fingerprint density at radius 2 is 1.96 bits per heavy atom. The molecule has 0 radical (unpaired) electrons. The molecule has 2 aromatic heterocycles. The standard InChI is InChI=1S/C18H23N5O4S/c1-9-11(3)28-16-13(9)14(20-8-21-16)23-6-4-12(5-7-23)17(25)27-10(2)15(24)22-18(19)26/h8,10,12H,4-7H2,1-3H3,(H3,19,22,24,26). The monoisotopic (exact) mass is 405 g/mol. The Balaban J connectivity index is 1.63. The third-order valence-electron chi connectivity index (χ3n) is 4.98. The number of carbonyl (C=O) groups excluding carboxylic acids is 3. The number of ether oxygens (including phenoxy) is 1. The van der Waals surface area contributed by atoms with Crippen molar-refractivity contribution in [1.82, 2.24) is 15.3 Å². The average Bonchev–Trinajstić information content (AvgIpc) is 2.95. The summed E-state index contributed by atoms with van der Waals surface area (Å²) in [5, 5.41) is 2.98. The fourth-order valence-electron chi connectivity index (χ4n) is 3.28. The summed E-state index contributed by atoms with van der Waals surface area (Å²) in [6, 6.07) is -0.976. The van der Waals surface area contributed by atoms with Gasteiger partial charge in [-0.05, 0) is 39.2 Å². The topological polar surface area (TPSA) is 128 Å². The van der Waals surface area contributed by atoms with Crippen LogP contribution in [0.3, 0.4) is 0 Å². The summed E-state index contributed by atoms with van der Waals surface area (Å²) < 4.78 is 5.18. The Morgan fingerprint density at radius 1 is 1.29 bits per heavy atom. The minimum Gasteiger partial charge on any atom is -0.452 e. The van der Waals surface area contributed by atoms with Crippen LogP contribution < -0.4 is 16.0 Å². The smallest absolute Gasteiger partial charge is 0.318 e. The van der Waals surface area contributed by atoms with Crippen molar-refractivity contribution >= 4 is 45.3 Å². The van der Waals surface area contributed by atoms with E-state index in [9.17, 15) is 14.4 Å². The maximum absolute atomic E-state index is 12.4. The molecule has 10 heteroatoms. The van der Waals surface area contributed by atoms with Gasteiger partial charge in [-0.2, -0.15) is 0 Å². The van der Waals surface area contributed by atoms with Gasteiger partial charge in [0.15, 0.2) is 6.10 Å². The van der Waals surface area contributed by atoms with Crippen LogP contribution in [0.4, 0.5) is 10.6 Å². The van der Waals surface area contributed by atoms with Crippen LogP contribution >= 0.6 is 11.3 Å². The Hall–Kier alpha value is -2.75. The minimum absolute atomic E-state index is 0.303. The van der Waals surface area contributed by atoms with Crippen molar-refractivity contribution in [2.45, 2.75) is 39.7 Å². The van der Waals surface area contributed by atoms with E-state index in [4.69, 9.17) is 10.5 Å². The predicted molar refractivity (Wildman–Crippen MR) is 105 cm³/mol. The van der Waals surface area contributed by atoms with Crippen molar-refractivity contribution in [3.05, 3.63) is 16.8 Å². The summed E-state index contributed by atoms with van der Waals surface area (Å²) in [5.41, 5.74) is 6.09. The predicted octanol–water partition coefficient (Wildman–Crippen LogP) is 1.65. The number of nitrogens with two attached hydrogens (primary N) is 1. The molecule has 0 saturated carbocycles. The lowest BCUT2D eigenvalue weighted by Crippen LogP contribution is -2.44. The Morgan fingerprint density at radius 3 is 2.61 bits per heavy atom. The number of aromatic nitrogens is 2. The Bertz CT molecular complexity index is 920. The van der Waals surface area contributed by atoms with Crippen molar-refractivity contribution in [3.63, 3.8) is 0 Å². The van der Waals surface area contributed by atoms with Crippen molar-refractivity contribution < 1.29 is 19.1 Å². The molecule has 1 atom stereocenters. The second kappa shape index (κ2) is 8.09. The maximum Gasteiger partial charge on any atom is 0.318 e. The van der Waals surface area contributed by atoms with Gasteiger partial charge in [-0.25, -0.2) is 14.8 Å². The fraction of sp³-hybridized carbons (Fsp3) is 0.500. The summed E-state index contributed by atoms with van der Waals surface area (Å²) in [6.45, 7) is 6.86. The van der Waals surface area contributed by atoms with Gasteiger partial charge in [0.05, 0.1) is 11.3 Å². The van der Waals surface area contributed by atoms with E-state index < -0.39 is 24.0 Å². The van der Waals surface area contributed by atoms with Gasteiger partial charge in [0.1, 0.15) is 17.0 Å². The Kier molecular flexibility index (Phi) is 5.78. The highest BCUT2D eigenvalue weighted by Gasteiger charge is 2.30. The van der Waals surface area contributed by atoms with E-state index in [1.165, 1.54) is 17.4 Å². The highest BCUT2D eigenvalue weighted by molar-refractivity contribution is 7.18. The molecule has 3 rings (SSSR count). The SMILES string of the molecule is Cc1sc2ncnc(N3CCC(C(=O)OC(C)C(=O)NC(N)=O)CC3)c2c1C. The van der Waals surface area contributed by atoms with Crippen molar-refractivity contribution in [2.75, 3.05) is 18.0 Å². The number of piperidine rings is 1. The van der Waals surface area contributed by atoms with Gasteiger partial charge in [-0.1, -0.05) is 0 Å². The number of fused-ring (bicyclic) bond motifs is 1. The molecule has 3 amide bonds. The molecule has 1 aliphatic rings. The van der Waals surface area contributed by atoms with Crippen molar-refractivity contribution in [3.8, 4) is 0 Å². The second-order valence-corrected chi connectivity index (χ2v) is 8.06. The number of carbonyl (C=O) groups is 3. The zero-order valence-corrected chi connectivity index (χ0v) is 16.8. The van der Waals surface area contributed by atoms with E-state index in [1.54, 1.807) is 17.7 Å². The average molecular weight is 405 g/mol. The summed E-state index contributed by atoms with van der Waals surface area (Å²) in [6.07, 6.45) is 1.69. The largest absolute Gasteiger partial charge is 0.452 e. The number of hydrogen-bond acceptors (Lipinski definition) is 8. The number of esters is 1. The first-order chi connectivity index (χ1) is 13.3. The number of urea groups is 1. The summed E-state index contributed by atoms with van der Waals surface area (Å²) in [7, 11) is 0. The summed E-state index contributed by atoms with van der Waals surface area (Å²) in [5.74, 6) is -0.581. The van der Waals surface area contributed by atoms with E-state index in [1.807, 2.05) is 5.32 Å². The fourth-order valence-corrected chi connectivity index (χ4v) is 4.27. The molecule has 1 unspecified atom stereocenters. The van der Waals surface area contributed by atoms with Gasteiger partial charge >= 0.3 is 12.0 Å². The molecule has 0 bridgehead atoms. The number of rotatable bonds is 4. The van der Waals surface area contributed by atoms with Crippen LogP contribution in [0.15, 0.2) is 6.33 Å². The van der Waals surface area contributed by atoms with E-state index >= 15 is 0 Å². The second-order valence-electron chi connectivity index (χ2n) is 6.85. The quantitative estimate of drug-likeness (QED) is 0.740. The molecular weight excluding hydrogens is 382 g/mol. The van der Waals surface area contributed by atoms with E-state index in [2.05, 4.69) is 28.7 Å². The molecule has 1 aliphatic heterocycles. The molecular formula is C18H23N5O4S. The third kappa shape index (κ3) is 4.06. The lowest BCUT2D eigenvalue weighted by molar-refractivity contribution is -0.159. The first kappa shape index (κ1) is 20.0. The number of hydrogen-bond donors (Lipinski definition) is 2. The van der Waals surface area contributed by atoms with Gasteiger partial charge in [0.2, 0.25) is 0 Å². The first-order valence-electron chi connectivity index (χ1n) is 9.04. The van der Waals surface area contributed by atoms with Crippen LogP contribution in [-0.4, -0.2) is 47.1 Å². The molecule has 0 aliphatic carbocycles. The molecule has 2 aromatic rings. The number of aryl methyl sites for hydroxylation is 2. The lowest BCUT2D eigenvalue weighted by Gasteiger charge is -2.32. The highest BCUT2D eigenvalue weighted by atomic mass is 32.1. The first-order valence-corrected chi connectivity index (χ1v) is 9.86. The van der Waals surface area contributed by atoms with Gasteiger partial charge in [0.25, 0.3) is 5.91 Å². The zero-order valence-electron chi connectivity index (χ0n) is 16.0. The molecule has 0 aromatic carbocycles. The molecule has 0 spiro atoms. The lowest BCUT2D eigenvalue weighted by atomic mass is 9.96. The number of primary amides is 1. The number of imide groups is 1. The van der Waals surface area contributed by atoms with Crippen LogP contribution in [0, 0.1) is 19.8 Å². The minimum atomic E-state index is -1.07. The van der Waals surface area contributed by atoms with Crippen LogP contribution in [0.2, 0.25) is 0 Å². The molecule has 28 heavy (non-hydrogen) atoms. The molecule has 9 nitrogen and oxygen atoms in total. The number of amides is 3. The number of nitrogens with zero attached hydrogens (tertiary/aromatic N) is 3. The van der Waals surface area contributed by atoms with Crippen LogP contribution in [0.1, 0.15) is 30.2 Å². The van der Waals surface area contributed by atoms with Gasteiger partial charge in [-0.15, -0.1) is 11.3 Å². The maximum atomic E-state index is 12.4. The van der Waals surface area contributed by atoms with E-state index in [0.717, 1.165) is 16.0 Å². The van der Waals surface area contributed by atoms with E-state index in [0.29, 0.717) is 25.9 Å². The van der Waals surface area contributed by atoms with Gasteiger partial charge in [-0.3, -0.25) is 14.9 Å². The van der Waals surface area contributed by atoms with Gasteiger partial charge in [0, 0.05) is 18.0 Å². The molecule has 1 fully saturated rings. The third-order valence-corrected chi connectivity index (χ3v) is 6.10. The number of thiophene rings is 1. The van der Waals surface area contributed by atoms with Crippen molar-refractivity contribution in [1.29, 1.82) is 0 Å². The molecule has 3 heterocycles.